The second kappa shape index (κ2) is 3.36. The molecule has 0 saturated carbocycles. The minimum atomic E-state index is 0.566. The molecule has 0 aromatic heterocycles. The van der Waals surface area contributed by atoms with E-state index < -0.39 is 0 Å². The van der Waals surface area contributed by atoms with Crippen molar-refractivity contribution in [1.29, 1.82) is 0 Å². The van der Waals surface area contributed by atoms with Gasteiger partial charge in [-0.2, -0.15) is 0 Å². The van der Waals surface area contributed by atoms with Crippen molar-refractivity contribution in [3.05, 3.63) is 29.5 Å². The number of allylic oxidation sites excluding steroid dienone is 5. The maximum atomic E-state index is 4.06. The first-order valence-electron chi connectivity index (χ1n) is 3.88. The topological polar surface area (TPSA) is 12.4 Å². The first-order valence-corrected chi connectivity index (χ1v) is 3.88. The highest BCUT2D eigenvalue weighted by Gasteiger charge is 1.99. The number of nitrogens with zero attached hydrogens (tertiary/aromatic N) is 1. The van der Waals surface area contributed by atoms with Gasteiger partial charge in [0.2, 0.25) is 0 Å². The molecule has 1 aliphatic heterocycles. The van der Waals surface area contributed by atoms with Crippen LogP contribution in [-0.4, -0.2) is 5.87 Å². The standard InChI is InChI=1S/C10H13N/c1-8(2)10-5-4-6-11-9(3)7-10/h4-5,7-8H,1-3H3. The van der Waals surface area contributed by atoms with E-state index in [4.69, 9.17) is 0 Å². The summed E-state index contributed by atoms with van der Waals surface area (Å²) in [7, 11) is 0. The molecular weight excluding hydrogens is 134 g/mol. The lowest BCUT2D eigenvalue weighted by atomic mass is 10.0. The van der Waals surface area contributed by atoms with Crippen LogP contribution < -0.4 is 0 Å². The average molecular weight is 147 g/mol. The molecule has 0 spiro atoms. The van der Waals surface area contributed by atoms with Gasteiger partial charge in [-0.05, 0) is 42.5 Å². The molecule has 1 nitrogen and oxygen atoms in total. The molecule has 1 heterocycles. The Balaban J connectivity index is 2.94. The number of hydrogen-bond donors (Lipinski definition) is 0. The van der Waals surface area contributed by atoms with Crippen LogP contribution in [0.2, 0.25) is 0 Å². The molecule has 58 valence electrons. The fourth-order valence-electron chi connectivity index (χ4n) is 0.953. The van der Waals surface area contributed by atoms with Crippen molar-refractivity contribution in [1.82, 2.24) is 0 Å². The van der Waals surface area contributed by atoms with Crippen LogP contribution in [0.25, 0.3) is 0 Å². The average Bonchev–Trinajstić information content (AvgIpc) is 2.13. The molecule has 0 bridgehead atoms. The summed E-state index contributed by atoms with van der Waals surface area (Å²) in [5, 5.41) is 0. The predicted molar refractivity (Wildman–Crippen MR) is 48.7 cm³/mol. The Morgan fingerprint density at radius 1 is 1.45 bits per heavy atom. The van der Waals surface area contributed by atoms with Crippen molar-refractivity contribution < 1.29 is 0 Å². The fraction of sp³-hybridized carbons (Fsp3) is 0.400. The molecule has 1 aliphatic rings. The summed E-state index contributed by atoms with van der Waals surface area (Å²) in [5.41, 5.74) is 2.34. The van der Waals surface area contributed by atoms with Gasteiger partial charge in [0.05, 0.1) is 0 Å². The third-order valence-corrected chi connectivity index (χ3v) is 1.63. The summed E-state index contributed by atoms with van der Waals surface area (Å²) in [4.78, 5) is 4.06. The Labute approximate surface area is 67.8 Å². The van der Waals surface area contributed by atoms with Gasteiger partial charge in [-0.3, -0.25) is 0 Å². The van der Waals surface area contributed by atoms with Gasteiger partial charge in [-0.15, -0.1) is 0 Å². The highest BCUT2D eigenvalue weighted by atomic mass is 14.7. The second-order valence-corrected chi connectivity index (χ2v) is 3.01. The zero-order valence-corrected chi connectivity index (χ0v) is 7.26. The predicted octanol–water partition coefficient (Wildman–Crippen LogP) is 2.71. The number of rotatable bonds is 1. The Kier molecular flexibility index (Phi) is 2.45. The summed E-state index contributed by atoms with van der Waals surface area (Å²) in [6.45, 7) is 6.34. The summed E-state index contributed by atoms with van der Waals surface area (Å²) < 4.78 is 0. The molecule has 0 aliphatic carbocycles. The smallest absolute Gasteiger partial charge is 0.0475 e. The molecule has 0 aromatic carbocycles. The molecule has 0 N–H and O–H groups in total. The van der Waals surface area contributed by atoms with E-state index in [2.05, 4.69) is 36.9 Å². The van der Waals surface area contributed by atoms with Crippen molar-refractivity contribution in [2.24, 2.45) is 10.9 Å². The largest absolute Gasteiger partial charge is 0.211 e. The van der Waals surface area contributed by atoms with Crippen molar-refractivity contribution in [2.45, 2.75) is 20.8 Å². The number of hydrogen-bond acceptors (Lipinski definition) is 1. The van der Waals surface area contributed by atoms with Gasteiger partial charge in [-0.1, -0.05) is 13.8 Å². The van der Waals surface area contributed by atoms with E-state index in [1.165, 1.54) is 5.57 Å². The van der Waals surface area contributed by atoms with E-state index in [0.717, 1.165) is 5.70 Å². The first kappa shape index (κ1) is 8.03. The van der Waals surface area contributed by atoms with Crippen molar-refractivity contribution in [2.75, 3.05) is 0 Å². The van der Waals surface area contributed by atoms with Crippen LogP contribution in [0, 0.1) is 5.92 Å². The lowest BCUT2D eigenvalue weighted by Crippen LogP contribution is -1.89. The number of aliphatic imine (C=N–C) groups is 1. The minimum absolute atomic E-state index is 0.566. The highest BCUT2D eigenvalue weighted by molar-refractivity contribution is 5.59. The second-order valence-electron chi connectivity index (χ2n) is 3.01. The lowest BCUT2D eigenvalue weighted by Gasteiger charge is -2.03. The molecule has 0 aromatic rings. The van der Waals surface area contributed by atoms with Crippen LogP contribution >= 0.6 is 0 Å². The molecule has 0 unspecified atom stereocenters. The molecule has 1 rings (SSSR count). The van der Waals surface area contributed by atoms with E-state index in [9.17, 15) is 0 Å². The maximum Gasteiger partial charge on any atom is 0.0475 e. The highest BCUT2D eigenvalue weighted by Crippen LogP contribution is 2.14. The van der Waals surface area contributed by atoms with E-state index in [0.29, 0.717) is 5.92 Å². The van der Waals surface area contributed by atoms with E-state index in [-0.39, 0.29) is 0 Å². The van der Waals surface area contributed by atoms with E-state index in [1.807, 2.05) is 13.0 Å². The summed E-state index contributed by atoms with van der Waals surface area (Å²) >= 11 is 0. The quantitative estimate of drug-likeness (QED) is 0.540. The van der Waals surface area contributed by atoms with Gasteiger partial charge in [0.1, 0.15) is 0 Å². The van der Waals surface area contributed by atoms with Crippen LogP contribution in [0.15, 0.2) is 34.5 Å². The van der Waals surface area contributed by atoms with Gasteiger partial charge < -0.3 is 0 Å². The monoisotopic (exact) mass is 147 g/mol. The molecule has 0 atom stereocenters. The molecule has 0 saturated heterocycles. The lowest BCUT2D eigenvalue weighted by molar-refractivity contribution is 0.790. The third-order valence-electron chi connectivity index (χ3n) is 1.63. The summed E-state index contributed by atoms with van der Waals surface area (Å²) in [5.74, 6) is 3.40. The van der Waals surface area contributed by atoms with Crippen LogP contribution in [0.1, 0.15) is 20.8 Å². The van der Waals surface area contributed by atoms with Gasteiger partial charge in [0.25, 0.3) is 0 Å². The molecule has 11 heavy (non-hydrogen) atoms. The van der Waals surface area contributed by atoms with Crippen molar-refractivity contribution in [3.63, 3.8) is 0 Å². The van der Waals surface area contributed by atoms with E-state index >= 15 is 0 Å². The minimum Gasteiger partial charge on any atom is -0.211 e. The Hall–Kier alpha value is -1.07. The van der Waals surface area contributed by atoms with Crippen LogP contribution in [0.3, 0.4) is 0 Å². The SMILES string of the molecule is CC1=CC(C(C)C)=CC=C=N1. The summed E-state index contributed by atoms with van der Waals surface area (Å²) in [6, 6.07) is 0. The van der Waals surface area contributed by atoms with E-state index in [1.54, 1.807) is 0 Å². The van der Waals surface area contributed by atoms with Crippen LogP contribution in [0.4, 0.5) is 0 Å². The third kappa shape index (κ3) is 2.21. The van der Waals surface area contributed by atoms with Crippen LogP contribution in [-0.2, 0) is 0 Å². The molecular formula is C10H13N. The van der Waals surface area contributed by atoms with Gasteiger partial charge >= 0.3 is 0 Å². The molecule has 1 heteroatoms. The van der Waals surface area contributed by atoms with Crippen LogP contribution in [0.5, 0.6) is 0 Å². The first-order chi connectivity index (χ1) is 5.20. The Bertz CT molecular complexity index is 261. The molecule has 0 amide bonds. The van der Waals surface area contributed by atoms with Gasteiger partial charge in [0, 0.05) is 5.70 Å². The Morgan fingerprint density at radius 3 is 2.82 bits per heavy atom. The zero-order chi connectivity index (χ0) is 8.27. The normalized spacial score (nSPS) is 16.4. The van der Waals surface area contributed by atoms with Gasteiger partial charge in [0.15, 0.2) is 0 Å². The summed E-state index contributed by atoms with van der Waals surface area (Å²) in [6.07, 6.45) is 6.02. The Morgan fingerprint density at radius 2 is 2.18 bits per heavy atom. The van der Waals surface area contributed by atoms with Gasteiger partial charge in [-0.25, -0.2) is 4.99 Å². The molecule has 0 radical (unpaired) electrons. The maximum absolute atomic E-state index is 4.06. The van der Waals surface area contributed by atoms with Crippen molar-refractivity contribution in [3.8, 4) is 0 Å². The molecule has 0 fully saturated rings. The fourth-order valence-corrected chi connectivity index (χ4v) is 0.953. The van der Waals surface area contributed by atoms with Crippen molar-refractivity contribution >= 4 is 5.87 Å². The zero-order valence-electron chi connectivity index (χ0n) is 7.26.